The fourth-order valence-electron chi connectivity index (χ4n) is 1.99. The van der Waals surface area contributed by atoms with Crippen molar-refractivity contribution in [3.63, 3.8) is 0 Å². The van der Waals surface area contributed by atoms with E-state index >= 15 is 0 Å². The molecule has 0 N–H and O–H groups in total. The van der Waals surface area contributed by atoms with Crippen LogP contribution in [0.3, 0.4) is 0 Å². The Morgan fingerprint density at radius 2 is 1.83 bits per heavy atom. The number of methoxy groups -OCH3 is 1. The minimum Gasteiger partial charge on any atom is -0.497 e. The van der Waals surface area contributed by atoms with Crippen LogP contribution in [0, 0.1) is 5.92 Å². The van der Waals surface area contributed by atoms with E-state index in [4.69, 9.17) is 9.47 Å². The van der Waals surface area contributed by atoms with E-state index in [1.165, 1.54) is 0 Å². The van der Waals surface area contributed by atoms with E-state index in [0.29, 0.717) is 18.1 Å². The highest BCUT2D eigenvalue weighted by molar-refractivity contribution is 6.06. The molecule has 2 aromatic rings. The van der Waals surface area contributed by atoms with Gasteiger partial charge < -0.3 is 9.47 Å². The van der Waals surface area contributed by atoms with Gasteiger partial charge in [-0.1, -0.05) is 32.1 Å². The average molecular weight is 310 g/mol. The molecule has 0 aliphatic heterocycles. The van der Waals surface area contributed by atoms with Gasteiger partial charge in [0.15, 0.2) is 5.78 Å². The van der Waals surface area contributed by atoms with Gasteiger partial charge in [0.25, 0.3) is 0 Å². The maximum atomic E-state index is 12.2. The molecule has 0 bridgehead atoms. The van der Waals surface area contributed by atoms with Gasteiger partial charge in [-0.15, -0.1) is 0 Å². The lowest BCUT2D eigenvalue weighted by atomic mass is 10.1. The van der Waals surface area contributed by atoms with Crippen LogP contribution in [-0.2, 0) is 0 Å². The van der Waals surface area contributed by atoms with E-state index in [-0.39, 0.29) is 5.78 Å². The molecule has 0 unspecified atom stereocenters. The third-order valence-electron chi connectivity index (χ3n) is 3.24. The van der Waals surface area contributed by atoms with Crippen molar-refractivity contribution in [2.45, 2.75) is 13.8 Å². The number of hydrogen-bond donors (Lipinski definition) is 0. The number of benzene rings is 2. The van der Waals surface area contributed by atoms with Crippen molar-refractivity contribution in [1.29, 1.82) is 0 Å². The Labute approximate surface area is 137 Å². The van der Waals surface area contributed by atoms with Crippen LogP contribution >= 0.6 is 0 Å². The van der Waals surface area contributed by atoms with Crippen molar-refractivity contribution >= 4 is 11.9 Å². The second-order valence-corrected chi connectivity index (χ2v) is 5.70. The lowest BCUT2D eigenvalue weighted by molar-refractivity contribution is 0.104. The van der Waals surface area contributed by atoms with E-state index < -0.39 is 0 Å². The van der Waals surface area contributed by atoms with Crippen LogP contribution in [0.1, 0.15) is 29.8 Å². The summed E-state index contributed by atoms with van der Waals surface area (Å²) in [6.45, 7) is 4.90. The first kappa shape index (κ1) is 16.8. The Hall–Kier alpha value is -2.55. The van der Waals surface area contributed by atoms with Crippen molar-refractivity contribution in [3.8, 4) is 11.5 Å². The van der Waals surface area contributed by atoms with Gasteiger partial charge in [0.1, 0.15) is 11.5 Å². The molecule has 120 valence electrons. The first-order chi connectivity index (χ1) is 11.1. The lowest BCUT2D eigenvalue weighted by Crippen LogP contribution is -2.04. The molecule has 0 amide bonds. The summed E-state index contributed by atoms with van der Waals surface area (Å²) in [5, 5.41) is 0. The fourth-order valence-corrected chi connectivity index (χ4v) is 1.99. The topological polar surface area (TPSA) is 35.5 Å². The number of carbonyl (C=O) groups excluding carboxylic acids is 1. The van der Waals surface area contributed by atoms with Crippen LogP contribution in [-0.4, -0.2) is 19.5 Å². The maximum Gasteiger partial charge on any atom is 0.185 e. The third kappa shape index (κ3) is 5.29. The molecule has 0 aromatic heterocycles. The zero-order valence-corrected chi connectivity index (χ0v) is 13.8. The van der Waals surface area contributed by atoms with Crippen LogP contribution in [0.4, 0.5) is 0 Å². The molecule has 0 aliphatic carbocycles. The van der Waals surface area contributed by atoms with Crippen molar-refractivity contribution in [2.24, 2.45) is 5.92 Å². The van der Waals surface area contributed by atoms with Crippen LogP contribution in [0.2, 0.25) is 0 Å². The third-order valence-corrected chi connectivity index (χ3v) is 3.24. The van der Waals surface area contributed by atoms with Crippen molar-refractivity contribution in [3.05, 3.63) is 65.7 Å². The van der Waals surface area contributed by atoms with Gasteiger partial charge in [-0.25, -0.2) is 0 Å². The molecular weight excluding hydrogens is 288 g/mol. The highest BCUT2D eigenvalue weighted by Crippen LogP contribution is 2.16. The van der Waals surface area contributed by atoms with Gasteiger partial charge >= 0.3 is 0 Å². The molecule has 3 nitrogen and oxygen atoms in total. The van der Waals surface area contributed by atoms with E-state index in [9.17, 15) is 4.79 Å². The highest BCUT2D eigenvalue weighted by atomic mass is 16.5. The number of ether oxygens (including phenoxy) is 2. The molecule has 0 radical (unpaired) electrons. The zero-order valence-electron chi connectivity index (χ0n) is 13.8. The Morgan fingerprint density at radius 1 is 1.09 bits per heavy atom. The van der Waals surface area contributed by atoms with Gasteiger partial charge in [0.2, 0.25) is 0 Å². The Bertz CT molecular complexity index is 670. The van der Waals surface area contributed by atoms with Crippen LogP contribution < -0.4 is 9.47 Å². The first-order valence-corrected chi connectivity index (χ1v) is 7.68. The molecular formula is C20H22O3. The molecule has 0 fully saturated rings. The van der Waals surface area contributed by atoms with E-state index in [0.717, 1.165) is 17.1 Å². The van der Waals surface area contributed by atoms with Crippen LogP contribution in [0.15, 0.2) is 54.6 Å². The number of ketones is 1. The summed E-state index contributed by atoms with van der Waals surface area (Å²) in [6, 6.07) is 14.8. The van der Waals surface area contributed by atoms with Gasteiger partial charge in [-0.2, -0.15) is 0 Å². The van der Waals surface area contributed by atoms with Crippen LogP contribution in [0.25, 0.3) is 6.08 Å². The number of carbonyl (C=O) groups is 1. The van der Waals surface area contributed by atoms with Crippen molar-refractivity contribution in [2.75, 3.05) is 13.7 Å². The molecule has 0 saturated carbocycles. The first-order valence-electron chi connectivity index (χ1n) is 7.68. The Morgan fingerprint density at radius 3 is 2.48 bits per heavy atom. The van der Waals surface area contributed by atoms with Crippen molar-refractivity contribution in [1.82, 2.24) is 0 Å². The van der Waals surface area contributed by atoms with Gasteiger partial charge in [-0.3, -0.25) is 4.79 Å². The number of hydrogen-bond acceptors (Lipinski definition) is 3. The number of allylic oxidation sites excluding steroid dienone is 1. The quantitative estimate of drug-likeness (QED) is 0.552. The molecule has 2 rings (SSSR count). The summed E-state index contributed by atoms with van der Waals surface area (Å²) in [7, 11) is 1.60. The minimum atomic E-state index is -0.0406. The van der Waals surface area contributed by atoms with Crippen LogP contribution in [0.5, 0.6) is 11.5 Å². The summed E-state index contributed by atoms with van der Waals surface area (Å²) < 4.78 is 10.8. The van der Waals surface area contributed by atoms with Crippen molar-refractivity contribution < 1.29 is 14.3 Å². The van der Waals surface area contributed by atoms with Gasteiger partial charge in [-0.05, 0) is 54.0 Å². The molecule has 0 aliphatic rings. The molecule has 0 saturated heterocycles. The molecule has 0 heterocycles. The van der Waals surface area contributed by atoms with Gasteiger partial charge in [0.05, 0.1) is 13.7 Å². The summed E-state index contributed by atoms with van der Waals surface area (Å²) >= 11 is 0. The molecule has 3 heteroatoms. The predicted octanol–water partition coefficient (Wildman–Crippen LogP) is 4.63. The summed E-state index contributed by atoms with van der Waals surface area (Å²) in [4.78, 5) is 12.2. The predicted molar refractivity (Wildman–Crippen MR) is 93.1 cm³/mol. The average Bonchev–Trinajstić information content (AvgIpc) is 2.58. The second kappa shape index (κ2) is 8.18. The fraction of sp³-hybridized carbons (Fsp3) is 0.250. The largest absolute Gasteiger partial charge is 0.497 e. The Kier molecular flexibility index (Phi) is 5.98. The molecule has 23 heavy (non-hydrogen) atoms. The standard InChI is InChI=1S/C20H22O3/c1-15(2)14-23-19-6-4-5-16(13-19)7-12-20(21)17-8-10-18(22-3)11-9-17/h4-13,15H,14H2,1-3H3/b12-7+. The Balaban J connectivity index is 2.03. The summed E-state index contributed by atoms with van der Waals surface area (Å²) in [5.74, 6) is 1.99. The minimum absolute atomic E-state index is 0.0406. The molecule has 0 spiro atoms. The second-order valence-electron chi connectivity index (χ2n) is 5.70. The summed E-state index contributed by atoms with van der Waals surface area (Å²) in [6.07, 6.45) is 3.37. The zero-order chi connectivity index (χ0) is 16.7. The SMILES string of the molecule is COc1ccc(C(=O)/C=C/c2cccc(OCC(C)C)c2)cc1. The molecule has 2 aromatic carbocycles. The van der Waals surface area contributed by atoms with E-state index in [1.807, 2.05) is 24.3 Å². The highest BCUT2D eigenvalue weighted by Gasteiger charge is 2.02. The summed E-state index contributed by atoms with van der Waals surface area (Å²) in [5.41, 5.74) is 1.57. The smallest absolute Gasteiger partial charge is 0.185 e. The van der Waals surface area contributed by atoms with Gasteiger partial charge in [0, 0.05) is 5.56 Å². The van der Waals surface area contributed by atoms with E-state index in [1.54, 1.807) is 43.5 Å². The normalized spacial score (nSPS) is 11.0. The molecule has 0 atom stereocenters. The maximum absolute atomic E-state index is 12.2. The number of rotatable bonds is 7. The van der Waals surface area contributed by atoms with E-state index in [2.05, 4.69) is 13.8 Å². The lowest BCUT2D eigenvalue weighted by Gasteiger charge is -2.08. The monoisotopic (exact) mass is 310 g/mol.